The number of carbonyl (C=O) groups excluding carboxylic acids is 3. The Morgan fingerprint density at radius 3 is 2.62 bits per heavy atom. The number of anilines is 1. The molecule has 2 aliphatic heterocycles. The molecule has 0 saturated carbocycles. The highest BCUT2D eigenvalue weighted by molar-refractivity contribution is 9.10. The van der Waals surface area contributed by atoms with E-state index in [4.69, 9.17) is 4.74 Å². The Morgan fingerprint density at radius 2 is 2.04 bits per heavy atom. The van der Waals surface area contributed by atoms with E-state index < -0.39 is 6.04 Å². The average molecular weight is 395 g/mol. The van der Waals surface area contributed by atoms with E-state index in [1.165, 1.54) is 16.7 Å². The molecule has 6 nitrogen and oxygen atoms in total. The molecule has 7 heteroatoms. The summed E-state index contributed by atoms with van der Waals surface area (Å²) < 4.78 is 6.44. The second kappa shape index (κ2) is 7.03. The standard InChI is InChI=1S/C17H19BrN2O4/c1-11(21)19(10-14-3-2-8-24-14)15-9-16(22)20(17(15)23)13-6-4-12(18)5-7-13/h4-7,14-15H,2-3,8-10H2,1H3. The maximum Gasteiger partial charge on any atom is 0.257 e. The van der Waals surface area contributed by atoms with Crippen molar-refractivity contribution >= 4 is 39.3 Å². The number of rotatable bonds is 4. The van der Waals surface area contributed by atoms with E-state index in [0.717, 1.165) is 17.3 Å². The SMILES string of the molecule is CC(=O)N(CC1CCCO1)C1CC(=O)N(c2ccc(Br)cc2)C1=O. The van der Waals surface area contributed by atoms with E-state index in [9.17, 15) is 14.4 Å². The van der Waals surface area contributed by atoms with Crippen LogP contribution in [0.15, 0.2) is 28.7 Å². The molecule has 0 bridgehead atoms. The van der Waals surface area contributed by atoms with Gasteiger partial charge in [-0.1, -0.05) is 15.9 Å². The maximum absolute atomic E-state index is 12.8. The highest BCUT2D eigenvalue weighted by Gasteiger charge is 2.44. The third-order valence-electron chi connectivity index (χ3n) is 4.41. The summed E-state index contributed by atoms with van der Waals surface area (Å²) in [5.74, 6) is -0.851. The summed E-state index contributed by atoms with van der Waals surface area (Å²) in [5, 5.41) is 0. The molecular formula is C17H19BrN2O4. The lowest BCUT2D eigenvalue weighted by atomic mass is 10.1. The molecule has 2 unspecified atom stereocenters. The summed E-state index contributed by atoms with van der Waals surface area (Å²) in [6.07, 6.45) is 1.79. The molecule has 0 spiro atoms. The largest absolute Gasteiger partial charge is 0.376 e. The maximum atomic E-state index is 12.8. The van der Waals surface area contributed by atoms with Crippen LogP contribution in [0.1, 0.15) is 26.2 Å². The van der Waals surface area contributed by atoms with Gasteiger partial charge >= 0.3 is 0 Å². The van der Waals surface area contributed by atoms with Crippen LogP contribution in [-0.4, -0.2) is 47.9 Å². The van der Waals surface area contributed by atoms with Crippen LogP contribution in [0.25, 0.3) is 0 Å². The summed E-state index contributed by atoms with van der Waals surface area (Å²) in [7, 11) is 0. The summed E-state index contributed by atoms with van der Waals surface area (Å²) in [5.41, 5.74) is 0.524. The van der Waals surface area contributed by atoms with E-state index in [1.807, 2.05) is 0 Å². The molecule has 24 heavy (non-hydrogen) atoms. The van der Waals surface area contributed by atoms with Crippen LogP contribution in [0.3, 0.4) is 0 Å². The first-order valence-corrected chi connectivity index (χ1v) is 8.78. The molecule has 2 aliphatic rings. The van der Waals surface area contributed by atoms with Gasteiger partial charge in [0.2, 0.25) is 11.8 Å². The Labute approximate surface area is 148 Å². The number of hydrogen-bond acceptors (Lipinski definition) is 4. The van der Waals surface area contributed by atoms with Crippen LogP contribution in [0, 0.1) is 0 Å². The third kappa shape index (κ3) is 3.37. The number of halogens is 1. The van der Waals surface area contributed by atoms with Crippen LogP contribution in [0.2, 0.25) is 0 Å². The van der Waals surface area contributed by atoms with E-state index in [-0.39, 0.29) is 30.2 Å². The molecule has 3 amide bonds. The topological polar surface area (TPSA) is 66.9 Å². The highest BCUT2D eigenvalue weighted by atomic mass is 79.9. The van der Waals surface area contributed by atoms with Crippen molar-refractivity contribution in [2.45, 2.75) is 38.3 Å². The van der Waals surface area contributed by atoms with Gasteiger partial charge in [-0.25, -0.2) is 4.90 Å². The number of ether oxygens (including phenoxy) is 1. The smallest absolute Gasteiger partial charge is 0.257 e. The molecule has 2 atom stereocenters. The van der Waals surface area contributed by atoms with Gasteiger partial charge in [-0.2, -0.15) is 0 Å². The van der Waals surface area contributed by atoms with Gasteiger partial charge in [-0.3, -0.25) is 14.4 Å². The van der Waals surface area contributed by atoms with Crippen molar-refractivity contribution < 1.29 is 19.1 Å². The molecule has 0 N–H and O–H groups in total. The van der Waals surface area contributed by atoms with Crippen LogP contribution in [0.4, 0.5) is 5.69 Å². The fourth-order valence-corrected chi connectivity index (χ4v) is 3.47. The van der Waals surface area contributed by atoms with Crippen molar-refractivity contribution in [3.63, 3.8) is 0 Å². The lowest BCUT2D eigenvalue weighted by Gasteiger charge is -2.28. The van der Waals surface area contributed by atoms with E-state index in [2.05, 4.69) is 15.9 Å². The first-order chi connectivity index (χ1) is 11.5. The van der Waals surface area contributed by atoms with E-state index in [1.54, 1.807) is 24.3 Å². The summed E-state index contributed by atoms with van der Waals surface area (Å²) in [4.78, 5) is 39.8. The van der Waals surface area contributed by atoms with Crippen molar-refractivity contribution in [3.05, 3.63) is 28.7 Å². The van der Waals surface area contributed by atoms with Crippen LogP contribution < -0.4 is 4.90 Å². The fourth-order valence-electron chi connectivity index (χ4n) is 3.20. The number of amides is 3. The minimum atomic E-state index is -0.747. The monoisotopic (exact) mass is 394 g/mol. The van der Waals surface area contributed by atoms with Gasteiger partial charge in [0, 0.05) is 24.5 Å². The van der Waals surface area contributed by atoms with Crippen molar-refractivity contribution in [3.8, 4) is 0 Å². The van der Waals surface area contributed by atoms with Gasteiger partial charge in [0.05, 0.1) is 18.2 Å². The molecule has 2 fully saturated rings. The van der Waals surface area contributed by atoms with Gasteiger partial charge in [0.15, 0.2) is 0 Å². The number of benzene rings is 1. The van der Waals surface area contributed by atoms with Crippen LogP contribution >= 0.6 is 15.9 Å². The lowest BCUT2D eigenvalue weighted by Crippen LogP contribution is -2.47. The zero-order chi connectivity index (χ0) is 17.3. The van der Waals surface area contributed by atoms with Crippen LogP contribution in [0.5, 0.6) is 0 Å². The van der Waals surface area contributed by atoms with Crippen molar-refractivity contribution in [1.29, 1.82) is 0 Å². The Hall–Kier alpha value is -1.73. The molecule has 0 radical (unpaired) electrons. The second-order valence-electron chi connectivity index (χ2n) is 6.07. The predicted octanol–water partition coefficient (Wildman–Crippen LogP) is 2.11. The minimum Gasteiger partial charge on any atom is -0.376 e. The number of hydrogen-bond donors (Lipinski definition) is 0. The summed E-state index contributed by atoms with van der Waals surface area (Å²) in [6, 6.07) is 6.22. The Balaban J connectivity index is 1.80. The van der Waals surface area contributed by atoms with E-state index in [0.29, 0.717) is 18.8 Å². The molecular weight excluding hydrogens is 376 g/mol. The summed E-state index contributed by atoms with van der Waals surface area (Å²) >= 11 is 3.33. The first-order valence-electron chi connectivity index (χ1n) is 7.98. The van der Waals surface area contributed by atoms with Crippen molar-refractivity contribution in [1.82, 2.24) is 4.90 Å². The zero-order valence-electron chi connectivity index (χ0n) is 13.4. The normalized spacial score (nSPS) is 23.8. The molecule has 2 heterocycles. The molecule has 2 saturated heterocycles. The third-order valence-corrected chi connectivity index (χ3v) is 4.94. The summed E-state index contributed by atoms with van der Waals surface area (Å²) in [6.45, 7) is 2.46. The number of nitrogens with zero attached hydrogens (tertiary/aromatic N) is 2. The fraction of sp³-hybridized carbons (Fsp3) is 0.471. The number of carbonyl (C=O) groups is 3. The second-order valence-corrected chi connectivity index (χ2v) is 6.99. The molecule has 3 rings (SSSR count). The van der Waals surface area contributed by atoms with Gasteiger partial charge in [-0.05, 0) is 37.1 Å². The lowest BCUT2D eigenvalue weighted by molar-refractivity contribution is -0.138. The quantitative estimate of drug-likeness (QED) is 0.733. The Kier molecular flexibility index (Phi) is 5.01. The van der Waals surface area contributed by atoms with Gasteiger partial charge in [0.1, 0.15) is 6.04 Å². The van der Waals surface area contributed by atoms with Gasteiger partial charge in [-0.15, -0.1) is 0 Å². The van der Waals surface area contributed by atoms with Crippen molar-refractivity contribution in [2.24, 2.45) is 0 Å². The van der Waals surface area contributed by atoms with Crippen LogP contribution in [-0.2, 0) is 19.1 Å². The highest BCUT2D eigenvalue weighted by Crippen LogP contribution is 2.28. The number of imide groups is 1. The average Bonchev–Trinajstić information content (AvgIpc) is 3.14. The molecule has 1 aromatic rings. The molecule has 128 valence electrons. The van der Waals surface area contributed by atoms with Crippen molar-refractivity contribution in [2.75, 3.05) is 18.1 Å². The zero-order valence-corrected chi connectivity index (χ0v) is 15.0. The van der Waals surface area contributed by atoms with Gasteiger partial charge in [0.25, 0.3) is 5.91 Å². The Bertz CT molecular complexity index is 655. The molecule has 0 aliphatic carbocycles. The van der Waals surface area contributed by atoms with E-state index >= 15 is 0 Å². The minimum absolute atomic E-state index is 0.0151. The predicted molar refractivity (Wildman–Crippen MR) is 91.4 cm³/mol. The Morgan fingerprint density at radius 1 is 1.33 bits per heavy atom. The van der Waals surface area contributed by atoms with Gasteiger partial charge < -0.3 is 9.64 Å². The molecule has 1 aromatic carbocycles. The first kappa shape index (κ1) is 17.1. The molecule has 0 aromatic heterocycles.